The molecule has 4 aromatic rings. The Morgan fingerprint density at radius 3 is 2.65 bits per heavy atom. The van der Waals surface area contributed by atoms with E-state index >= 15 is 0 Å². The average Bonchev–Trinajstić information content (AvgIpc) is 3.00. The van der Waals surface area contributed by atoms with Crippen LogP contribution in [0, 0.1) is 0 Å². The molecule has 0 spiro atoms. The van der Waals surface area contributed by atoms with Crippen LogP contribution < -0.4 is 10.5 Å². The third kappa shape index (κ3) is 2.26. The van der Waals surface area contributed by atoms with E-state index < -0.39 is 0 Å². The van der Waals surface area contributed by atoms with E-state index in [4.69, 9.17) is 10.5 Å². The van der Waals surface area contributed by atoms with Crippen LogP contribution in [0.3, 0.4) is 0 Å². The lowest BCUT2D eigenvalue weighted by atomic mass is 10.1. The Hall–Kier alpha value is -3.08. The van der Waals surface area contributed by atoms with Gasteiger partial charge in [-0.3, -0.25) is 0 Å². The van der Waals surface area contributed by atoms with Crippen LogP contribution in [0.2, 0.25) is 0 Å². The molecule has 0 radical (unpaired) electrons. The molecule has 0 aliphatic rings. The third-order valence-corrected chi connectivity index (χ3v) is 3.99. The molecule has 0 fully saturated rings. The third-order valence-electron chi connectivity index (χ3n) is 3.99. The number of hydrogen-bond acceptors (Lipinski definition) is 4. The van der Waals surface area contributed by atoms with E-state index in [-0.39, 0.29) is 0 Å². The molecule has 0 saturated heterocycles. The quantitative estimate of drug-likeness (QED) is 0.631. The molecule has 2 aromatic carbocycles. The molecule has 0 amide bonds. The molecule has 0 unspecified atom stereocenters. The van der Waals surface area contributed by atoms with Gasteiger partial charge in [0.25, 0.3) is 0 Å². The number of para-hydroxylation sites is 1. The van der Waals surface area contributed by atoms with Crippen LogP contribution in [0.15, 0.2) is 54.9 Å². The normalized spacial score (nSPS) is 11.2. The van der Waals surface area contributed by atoms with Gasteiger partial charge in [-0.1, -0.05) is 30.3 Å². The van der Waals surface area contributed by atoms with Crippen molar-refractivity contribution in [2.45, 2.75) is 6.54 Å². The van der Waals surface area contributed by atoms with Gasteiger partial charge in [0, 0.05) is 11.9 Å². The van der Waals surface area contributed by atoms with E-state index in [1.165, 1.54) is 5.56 Å². The van der Waals surface area contributed by atoms with Gasteiger partial charge in [-0.2, -0.15) is 0 Å². The molecule has 5 nitrogen and oxygen atoms in total. The Balaban J connectivity index is 1.86. The van der Waals surface area contributed by atoms with E-state index in [2.05, 4.69) is 32.7 Å². The number of pyridine rings is 1. The first-order valence-corrected chi connectivity index (χ1v) is 7.38. The molecule has 4 rings (SSSR count). The maximum absolute atomic E-state index is 6.06. The number of nitrogens with zero attached hydrogens (tertiary/aromatic N) is 3. The maximum atomic E-state index is 6.06. The number of nitrogen functional groups attached to an aromatic ring is 1. The van der Waals surface area contributed by atoms with Crippen molar-refractivity contribution in [2.24, 2.45) is 0 Å². The number of nitrogens with two attached hydrogens (primary N) is 1. The molecular formula is C18H16N4O. The minimum Gasteiger partial charge on any atom is -0.497 e. The SMILES string of the molecule is COc1ccc(Cn2cnc3c(N)nc4ccccc4c32)cc1. The van der Waals surface area contributed by atoms with Crippen molar-refractivity contribution in [3.8, 4) is 5.75 Å². The summed E-state index contributed by atoms with van der Waals surface area (Å²) < 4.78 is 7.31. The van der Waals surface area contributed by atoms with Gasteiger partial charge in [0.2, 0.25) is 0 Å². The number of methoxy groups -OCH3 is 1. The molecule has 0 bridgehead atoms. The van der Waals surface area contributed by atoms with Crippen LogP contribution in [0.1, 0.15) is 5.56 Å². The highest BCUT2D eigenvalue weighted by Gasteiger charge is 2.12. The van der Waals surface area contributed by atoms with Gasteiger partial charge in [-0.15, -0.1) is 0 Å². The van der Waals surface area contributed by atoms with E-state index in [9.17, 15) is 0 Å². The Kier molecular flexibility index (Phi) is 3.12. The molecule has 2 N–H and O–H groups in total. The van der Waals surface area contributed by atoms with Crippen molar-refractivity contribution in [1.29, 1.82) is 0 Å². The monoisotopic (exact) mass is 304 g/mol. The second kappa shape index (κ2) is 5.28. The molecule has 2 heterocycles. The molecule has 5 heteroatoms. The molecule has 0 saturated carbocycles. The zero-order valence-corrected chi connectivity index (χ0v) is 12.7. The van der Waals surface area contributed by atoms with Gasteiger partial charge in [-0.25, -0.2) is 9.97 Å². The smallest absolute Gasteiger partial charge is 0.152 e. The molecule has 114 valence electrons. The van der Waals surface area contributed by atoms with Crippen LogP contribution >= 0.6 is 0 Å². The number of hydrogen-bond donors (Lipinski definition) is 1. The lowest BCUT2D eigenvalue weighted by Gasteiger charge is -2.08. The largest absolute Gasteiger partial charge is 0.497 e. The predicted octanol–water partition coefficient (Wildman–Crippen LogP) is 3.22. The highest BCUT2D eigenvalue weighted by atomic mass is 16.5. The summed E-state index contributed by atoms with van der Waals surface area (Å²) in [6, 6.07) is 16.0. The lowest BCUT2D eigenvalue weighted by molar-refractivity contribution is 0.414. The molecule has 0 aliphatic heterocycles. The summed E-state index contributed by atoms with van der Waals surface area (Å²) in [6.07, 6.45) is 1.82. The Labute approximate surface area is 133 Å². The van der Waals surface area contributed by atoms with Crippen molar-refractivity contribution in [1.82, 2.24) is 14.5 Å². The summed E-state index contributed by atoms with van der Waals surface area (Å²) in [5, 5.41) is 1.06. The fourth-order valence-electron chi connectivity index (χ4n) is 2.85. The molecule has 2 aromatic heterocycles. The number of fused-ring (bicyclic) bond motifs is 3. The van der Waals surface area contributed by atoms with Crippen LogP contribution in [0.4, 0.5) is 5.82 Å². The van der Waals surface area contributed by atoms with Crippen molar-refractivity contribution in [3.05, 3.63) is 60.4 Å². The maximum Gasteiger partial charge on any atom is 0.152 e. The standard InChI is InChI=1S/C18H16N4O/c1-23-13-8-6-12(7-9-13)10-22-11-20-16-17(22)14-4-2-3-5-15(14)21-18(16)19/h2-9,11H,10H2,1H3,(H2,19,21). The molecule has 23 heavy (non-hydrogen) atoms. The zero-order chi connectivity index (χ0) is 15.8. The van der Waals surface area contributed by atoms with Crippen LogP contribution in [-0.2, 0) is 6.54 Å². The zero-order valence-electron chi connectivity index (χ0n) is 12.7. The Bertz CT molecular complexity index is 989. The summed E-state index contributed by atoms with van der Waals surface area (Å²) in [7, 11) is 1.67. The minimum absolute atomic E-state index is 0.465. The number of benzene rings is 2. The number of aromatic nitrogens is 3. The average molecular weight is 304 g/mol. The van der Waals surface area contributed by atoms with Crippen molar-refractivity contribution < 1.29 is 4.74 Å². The molecule has 0 aliphatic carbocycles. The summed E-state index contributed by atoms with van der Waals surface area (Å²) in [6.45, 7) is 0.716. The summed E-state index contributed by atoms with van der Waals surface area (Å²) in [5.41, 5.74) is 9.88. The first-order valence-electron chi connectivity index (χ1n) is 7.38. The van der Waals surface area contributed by atoms with Gasteiger partial charge in [-0.05, 0) is 23.8 Å². The molecule has 0 atom stereocenters. The highest BCUT2D eigenvalue weighted by molar-refractivity contribution is 6.06. The highest BCUT2D eigenvalue weighted by Crippen LogP contribution is 2.27. The summed E-state index contributed by atoms with van der Waals surface area (Å²) in [4.78, 5) is 8.88. The summed E-state index contributed by atoms with van der Waals surface area (Å²) in [5.74, 6) is 1.32. The van der Waals surface area contributed by atoms with Gasteiger partial charge in [0.1, 0.15) is 11.3 Å². The van der Waals surface area contributed by atoms with Crippen molar-refractivity contribution >= 4 is 27.8 Å². The van der Waals surface area contributed by atoms with Gasteiger partial charge < -0.3 is 15.0 Å². The Morgan fingerprint density at radius 2 is 1.87 bits per heavy atom. The summed E-state index contributed by atoms with van der Waals surface area (Å²) >= 11 is 0. The number of anilines is 1. The van der Waals surface area contributed by atoms with Crippen LogP contribution in [-0.4, -0.2) is 21.6 Å². The van der Waals surface area contributed by atoms with Crippen molar-refractivity contribution in [3.63, 3.8) is 0 Å². The van der Waals surface area contributed by atoms with E-state index in [1.54, 1.807) is 7.11 Å². The molecular weight excluding hydrogens is 288 g/mol. The first-order chi connectivity index (χ1) is 11.3. The second-order valence-corrected chi connectivity index (χ2v) is 5.43. The number of rotatable bonds is 3. The van der Waals surface area contributed by atoms with E-state index in [0.717, 1.165) is 27.7 Å². The van der Waals surface area contributed by atoms with Gasteiger partial charge >= 0.3 is 0 Å². The van der Waals surface area contributed by atoms with Gasteiger partial charge in [0.05, 0.1) is 24.5 Å². The van der Waals surface area contributed by atoms with E-state index in [0.29, 0.717) is 12.4 Å². The van der Waals surface area contributed by atoms with Crippen molar-refractivity contribution in [2.75, 3.05) is 12.8 Å². The first kappa shape index (κ1) is 13.6. The topological polar surface area (TPSA) is 66.0 Å². The second-order valence-electron chi connectivity index (χ2n) is 5.43. The fourth-order valence-corrected chi connectivity index (χ4v) is 2.85. The fraction of sp³-hybridized carbons (Fsp3) is 0.111. The van der Waals surface area contributed by atoms with E-state index in [1.807, 2.05) is 36.7 Å². The number of imidazole rings is 1. The predicted molar refractivity (Wildman–Crippen MR) is 91.5 cm³/mol. The van der Waals surface area contributed by atoms with Gasteiger partial charge in [0.15, 0.2) is 5.82 Å². The number of ether oxygens (including phenoxy) is 1. The minimum atomic E-state index is 0.465. The van der Waals surface area contributed by atoms with Crippen LogP contribution in [0.5, 0.6) is 5.75 Å². The Morgan fingerprint density at radius 1 is 1.09 bits per heavy atom. The lowest BCUT2D eigenvalue weighted by Crippen LogP contribution is -2.00. The van der Waals surface area contributed by atoms with Crippen LogP contribution in [0.25, 0.3) is 21.9 Å².